The number of carbonyl (C=O) groups is 1. The van der Waals surface area contributed by atoms with Crippen LogP contribution in [0.4, 0.5) is 0 Å². The van der Waals surface area contributed by atoms with E-state index in [1.54, 1.807) is 10.6 Å². The summed E-state index contributed by atoms with van der Waals surface area (Å²) in [7, 11) is 0. The molecule has 166 valence electrons. The van der Waals surface area contributed by atoms with Crippen molar-refractivity contribution in [1.82, 2.24) is 14.9 Å². The second kappa shape index (κ2) is 9.37. The highest BCUT2D eigenvalue weighted by Gasteiger charge is 2.30. The number of thioether (sulfide) groups is 1. The molecule has 2 heterocycles. The standard InChI is InChI=1S/C26H23N3O2S2/c1-2-15-29-25(31)23-20(16-21(32-23)17-9-5-3-6-10-17)28-26(29)33-22(18-11-7-4-8-12-18)24(30)27-19-13-14-19/h2-12,16,19,22H,1,13-15H2,(H,27,30). The van der Waals surface area contributed by atoms with Gasteiger partial charge in [-0.1, -0.05) is 78.5 Å². The third-order valence-corrected chi connectivity index (χ3v) is 7.86. The van der Waals surface area contributed by atoms with E-state index in [4.69, 9.17) is 4.98 Å². The SMILES string of the molecule is C=CCn1c(SC(C(=O)NC2CC2)c2ccccc2)nc2cc(-c3ccccc3)sc2c1=O. The van der Waals surface area contributed by atoms with Crippen molar-refractivity contribution in [1.29, 1.82) is 0 Å². The third-order valence-electron chi connectivity index (χ3n) is 5.46. The normalized spacial score (nSPS) is 14.2. The number of allylic oxidation sites excluding steroid dienone is 1. The lowest BCUT2D eigenvalue weighted by atomic mass is 10.1. The fraction of sp³-hybridized carbons (Fsp3) is 0.192. The summed E-state index contributed by atoms with van der Waals surface area (Å²) in [5, 5.41) is 3.13. The highest BCUT2D eigenvalue weighted by Crippen LogP contribution is 2.37. The molecule has 1 atom stereocenters. The van der Waals surface area contributed by atoms with Crippen molar-refractivity contribution in [3.63, 3.8) is 0 Å². The van der Waals surface area contributed by atoms with Crippen LogP contribution in [-0.4, -0.2) is 21.5 Å². The van der Waals surface area contributed by atoms with E-state index in [1.807, 2.05) is 66.7 Å². The molecule has 2 aromatic carbocycles. The molecular weight excluding hydrogens is 450 g/mol. The largest absolute Gasteiger partial charge is 0.352 e. The summed E-state index contributed by atoms with van der Waals surface area (Å²) in [5.74, 6) is -0.0523. The Labute approximate surface area is 200 Å². The van der Waals surface area contributed by atoms with Gasteiger partial charge in [0.1, 0.15) is 9.95 Å². The van der Waals surface area contributed by atoms with Gasteiger partial charge in [-0.3, -0.25) is 14.2 Å². The summed E-state index contributed by atoms with van der Waals surface area (Å²) >= 11 is 2.76. The molecule has 1 aliphatic rings. The van der Waals surface area contributed by atoms with Gasteiger partial charge in [0.05, 0.1) is 5.52 Å². The Morgan fingerprint density at radius 2 is 1.88 bits per heavy atom. The molecule has 33 heavy (non-hydrogen) atoms. The van der Waals surface area contributed by atoms with Crippen LogP contribution >= 0.6 is 23.1 Å². The lowest BCUT2D eigenvalue weighted by Gasteiger charge is -2.18. The predicted molar refractivity (Wildman–Crippen MR) is 136 cm³/mol. The molecule has 4 aromatic rings. The Morgan fingerprint density at radius 1 is 1.18 bits per heavy atom. The van der Waals surface area contributed by atoms with Crippen molar-refractivity contribution in [3.8, 4) is 10.4 Å². The second-order valence-electron chi connectivity index (χ2n) is 7.98. The number of benzene rings is 2. The highest BCUT2D eigenvalue weighted by atomic mass is 32.2. The molecule has 1 amide bonds. The van der Waals surface area contributed by atoms with Crippen molar-refractivity contribution in [2.75, 3.05) is 0 Å². The van der Waals surface area contributed by atoms with Gasteiger partial charge in [0.2, 0.25) is 5.91 Å². The van der Waals surface area contributed by atoms with Gasteiger partial charge in [0.25, 0.3) is 5.56 Å². The molecule has 1 N–H and O–H groups in total. The van der Waals surface area contributed by atoms with Crippen molar-refractivity contribution in [2.24, 2.45) is 0 Å². The van der Waals surface area contributed by atoms with Crippen molar-refractivity contribution >= 4 is 39.2 Å². The van der Waals surface area contributed by atoms with Crippen LogP contribution in [0.15, 0.2) is 89.3 Å². The van der Waals surface area contributed by atoms with Crippen LogP contribution < -0.4 is 10.9 Å². The monoisotopic (exact) mass is 473 g/mol. The molecule has 0 spiro atoms. The van der Waals surface area contributed by atoms with Gasteiger partial charge >= 0.3 is 0 Å². The van der Waals surface area contributed by atoms with Crippen molar-refractivity contribution in [3.05, 3.63) is 95.3 Å². The number of fused-ring (bicyclic) bond motifs is 1. The Hall–Kier alpha value is -3.16. The van der Waals surface area contributed by atoms with E-state index < -0.39 is 5.25 Å². The molecule has 1 fully saturated rings. The molecule has 0 aliphatic heterocycles. The second-order valence-corrected chi connectivity index (χ2v) is 10.1. The predicted octanol–water partition coefficient (Wildman–Crippen LogP) is 5.42. The Kier molecular flexibility index (Phi) is 6.15. The molecule has 0 radical (unpaired) electrons. The van der Waals surface area contributed by atoms with Gasteiger partial charge in [0.15, 0.2) is 5.16 Å². The zero-order valence-electron chi connectivity index (χ0n) is 17.9. The van der Waals surface area contributed by atoms with E-state index in [0.717, 1.165) is 28.8 Å². The molecule has 5 rings (SSSR count). The molecule has 2 aromatic heterocycles. The molecular formula is C26H23N3O2S2. The highest BCUT2D eigenvalue weighted by molar-refractivity contribution is 8.00. The fourth-order valence-corrected chi connectivity index (χ4v) is 5.79. The van der Waals surface area contributed by atoms with E-state index in [1.165, 1.54) is 23.1 Å². The zero-order chi connectivity index (χ0) is 22.8. The van der Waals surface area contributed by atoms with Crippen molar-refractivity contribution < 1.29 is 4.79 Å². The van der Waals surface area contributed by atoms with Gasteiger partial charge in [-0.05, 0) is 30.0 Å². The first-order valence-corrected chi connectivity index (χ1v) is 12.6. The van der Waals surface area contributed by atoms with Crippen LogP contribution in [0.2, 0.25) is 0 Å². The van der Waals surface area contributed by atoms with Crippen LogP contribution in [0.3, 0.4) is 0 Å². The minimum atomic E-state index is -0.501. The number of nitrogens with zero attached hydrogens (tertiary/aromatic N) is 2. The average Bonchev–Trinajstić information content (AvgIpc) is 3.55. The lowest BCUT2D eigenvalue weighted by Crippen LogP contribution is -2.30. The fourth-order valence-electron chi connectivity index (χ4n) is 3.63. The number of hydrogen-bond donors (Lipinski definition) is 1. The van der Waals surface area contributed by atoms with E-state index in [2.05, 4.69) is 11.9 Å². The zero-order valence-corrected chi connectivity index (χ0v) is 19.6. The van der Waals surface area contributed by atoms with Gasteiger partial charge < -0.3 is 5.32 Å². The number of carbonyl (C=O) groups excluding carboxylic acids is 1. The van der Waals surface area contributed by atoms with Gasteiger partial charge in [0, 0.05) is 17.5 Å². The van der Waals surface area contributed by atoms with E-state index in [-0.39, 0.29) is 17.5 Å². The van der Waals surface area contributed by atoms with E-state index >= 15 is 0 Å². The van der Waals surface area contributed by atoms with Crippen LogP contribution in [-0.2, 0) is 11.3 Å². The summed E-state index contributed by atoms with van der Waals surface area (Å²) in [6.07, 6.45) is 3.72. The maximum atomic E-state index is 13.4. The molecule has 1 saturated carbocycles. The van der Waals surface area contributed by atoms with E-state index in [0.29, 0.717) is 21.9 Å². The van der Waals surface area contributed by atoms with Gasteiger partial charge in [-0.2, -0.15) is 0 Å². The number of thiophene rings is 1. The van der Waals surface area contributed by atoms with Gasteiger partial charge in [-0.25, -0.2) is 4.98 Å². The summed E-state index contributed by atoms with van der Waals surface area (Å²) in [4.78, 5) is 32.4. The molecule has 5 nitrogen and oxygen atoms in total. The Bertz CT molecular complexity index is 1360. The Morgan fingerprint density at radius 3 is 2.55 bits per heavy atom. The topological polar surface area (TPSA) is 64.0 Å². The number of nitrogens with one attached hydrogen (secondary N) is 1. The first-order valence-electron chi connectivity index (χ1n) is 10.9. The Balaban J connectivity index is 1.58. The first kappa shape index (κ1) is 21.7. The minimum absolute atomic E-state index is 0.0523. The first-order chi connectivity index (χ1) is 16.1. The van der Waals surface area contributed by atoms with Crippen LogP contribution in [0.5, 0.6) is 0 Å². The summed E-state index contributed by atoms with van der Waals surface area (Å²) in [6.45, 7) is 4.15. The van der Waals surface area contributed by atoms with Gasteiger partial charge in [-0.15, -0.1) is 17.9 Å². The maximum Gasteiger partial charge on any atom is 0.272 e. The molecule has 1 unspecified atom stereocenters. The third kappa shape index (κ3) is 4.65. The molecule has 0 saturated heterocycles. The quantitative estimate of drug-likeness (QED) is 0.211. The summed E-state index contributed by atoms with van der Waals surface area (Å²) < 4.78 is 2.23. The average molecular weight is 474 g/mol. The lowest BCUT2D eigenvalue weighted by molar-refractivity contribution is -0.120. The van der Waals surface area contributed by atoms with Crippen molar-refractivity contribution in [2.45, 2.75) is 35.8 Å². The van der Waals surface area contributed by atoms with Crippen LogP contribution in [0.25, 0.3) is 20.7 Å². The summed E-state index contributed by atoms with van der Waals surface area (Å²) in [5.41, 5.74) is 2.48. The number of rotatable bonds is 8. The summed E-state index contributed by atoms with van der Waals surface area (Å²) in [6, 6.07) is 21.8. The van der Waals surface area contributed by atoms with Crippen LogP contribution in [0, 0.1) is 0 Å². The maximum absolute atomic E-state index is 13.4. The molecule has 7 heteroatoms. The molecule has 0 bridgehead atoms. The van der Waals surface area contributed by atoms with E-state index in [9.17, 15) is 9.59 Å². The number of amides is 1. The number of hydrogen-bond acceptors (Lipinski definition) is 5. The van der Waals surface area contributed by atoms with Crippen LogP contribution in [0.1, 0.15) is 23.7 Å². The molecule has 1 aliphatic carbocycles. The number of aromatic nitrogens is 2. The minimum Gasteiger partial charge on any atom is -0.352 e. The smallest absolute Gasteiger partial charge is 0.272 e.